The largest absolute Gasteiger partial charge is 0.379 e. The van der Waals surface area contributed by atoms with E-state index < -0.39 is 32.3 Å². The van der Waals surface area contributed by atoms with Gasteiger partial charge in [-0.1, -0.05) is 85.6 Å². The summed E-state index contributed by atoms with van der Waals surface area (Å²) in [6.07, 6.45) is 3.04. The molecule has 0 atom stereocenters. The zero-order valence-corrected chi connectivity index (χ0v) is 30.7. The molecule has 6 rings (SSSR count). The fraction of sp³-hybridized carbons (Fsp3) is 0.150. The molecule has 6 aromatic carbocycles. The van der Waals surface area contributed by atoms with Crippen LogP contribution >= 0.6 is 0 Å². The Morgan fingerprint density at radius 1 is 0.444 bits per heavy atom. The summed E-state index contributed by atoms with van der Waals surface area (Å²) in [5.74, 6) is 0.128. The van der Waals surface area contributed by atoms with Gasteiger partial charge in [-0.05, 0) is 82.9 Å². The van der Waals surface area contributed by atoms with E-state index in [1.54, 1.807) is 48.5 Å². The minimum atomic E-state index is -4.09. The molecule has 0 saturated carbocycles. The van der Waals surface area contributed by atoms with Gasteiger partial charge in [0.15, 0.2) is 0 Å². The van der Waals surface area contributed by atoms with Crippen molar-refractivity contribution in [3.8, 4) is 11.5 Å². The molecule has 14 heteroatoms. The van der Waals surface area contributed by atoms with Crippen molar-refractivity contribution >= 4 is 65.2 Å². The minimum absolute atomic E-state index is 0.0262. The zero-order valence-electron chi connectivity index (χ0n) is 29.0. The smallest absolute Gasteiger partial charge is 0.339 e. The molecule has 0 radical (unpaired) electrons. The van der Waals surface area contributed by atoms with E-state index in [2.05, 4.69) is 21.3 Å². The third kappa shape index (κ3) is 10.3. The summed E-state index contributed by atoms with van der Waals surface area (Å²) < 4.78 is 62.3. The average molecular weight is 767 g/mol. The Labute approximate surface area is 313 Å². The first-order valence-corrected chi connectivity index (χ1v) is 20.0. The number of hydrogen-bond donors (Lipinski definition) is 4. The molecule has 4 N–H and O–H groups in total. The lowest BCUT2D eigenvalue weighted by Gasteiger charge is -2.11. The van der Waals surface area contributed by atoms with E-state index in [1.165, 1.54) is 36.4 Å². The minimum Gasteiger partial charge on any atom is -0.379 e. The first-order chi connectivity index (χ1) is 26.0. The van der Waals surface area contributed by atoms with Gasteiger partial charge in [-0.25, -0.2) is 9.59 Å². The van der Waals surface area contributed by atoms with E-state index in [0.717, 1.165) is 34.4 Å². The molecule has 54 heavy (non-hydrogen) atoms. The van der Waals surface area contributed by atoms with Crippen LogP contribution in [-0.4, -0.2) is 42.0 Å². The van der Waals surface area contributed by atoms with Crippen LogP contribution in [0.4, 0.5) is 21.0 Å². The van der Waals surface area contributed by atoms with Gasteiger partial charge >= 0.3 is 32.3 Å². The standard InChI is InChI=1S/C40H38N4O8S2/c45-39(43-33-15-9-17-35(27-33)51-53(47,48)37-21-19-29-11-3-5-13-31(29)25-37)41-23-7-1-2-8-24-42-40(46)44-34-16-10-18-36(28-34)52-54(49,50)38-22-20-30-12-4-6-14-32(30)26-38/h3-6,9-22,25-28H,1-2,7-8,23-24H2,(H2,41,43,45)(H2,42,44,46). The summed E-state index contributed by atoms with van der Waals surface area (Å²) in [7, 11) is -8.19. The Morgan fingerprint density at radius 2 is 0.852 bits per heavy atom. The van der Waals surface area contributed by atoms with E-state index in [9.17, 15) is 26.4 Å². The predicted molar refractivity (Wildman–Crippen MR) is 209 cm³/mol. The second-order valence-electron chi connectivity index (χ2n) is 12.3. The molecule has 0 heterocycles. The molecular weight excluding hydrogens is 729 g/mol. The predicted octanol–water partition coefficient (Wildman–Crippen LogP) is 8.03. The highest BCUT2D eigenvalue weighted by molar-refractivity contribution is 7.87. The van der Waals surface area contributed by atoms with Crippen LogP contribution < -0.4 is 29.6 Å². The van der Waals surface area contributed by atoms with Gasteiger partial charge < -0.3 is 29.6 Å². The summed E-state index contributed by atoms with van der Waals surface area (Å²) in [4.78, 5) is 24.9. The van der Waals surface area contributed by atoms with Crippen LogP contribution in [-0.2, 0) is 20.2 Å². The SMILES string of the molecule is O=C(NCCCCCCNC(=O)Nc1cccc(OS(=O)(=O)c2ccc3ccccc3c2)c1)Nc1cccc(OS(=O)(=O)c2ccc3ccccc3c2)c1. The number of unbranched alkanes of at least 4 members (excludes halogenated alkanes) is 3. The third-order valence-corrected chi connectivity index (χ3v) is 10.8. The number of hydrogen-bond acceptors (Lipinski definition) is 8. The van der Waals surface area contributed by atoms with Crippen LogP contribution in [0.15, 0.2) is 143 Å². The summed E-state index contributed by atoms with van der Waals surface area (Å²) in [5, 5.41) is 14.3. The van der Waals surface area contributed by atoms with Crippen molar-refractivity contribution in [1.29, 1.82) is 0 Å². The summed E-state index contributed by atoms with van der Waals surface area (Å²) in [6, 6.07) is 35.8. The monoisotopic (exact) mass is 766 g/mol. The number of nitrogens with one attached hydrogen (secondary N) is 4. The highest BCUT2D eigenvalue weighted by atomic mass is 32.2. The number of fused-ring (bicyclic) bond motifs is 2. The van der Waals surface area contributed by atoms with Gasteiger partial charge in [0.05, 0.1) is 0 Å². The van der Waals surface area contributed by atoms with Crippen molar-refractivity contribution < 1.29 is 34.8 Å². The Balaban J connectivity index is 0.861. The van der Waals surface area contributed by atoms with Crippen LogP contribution in [0.25, 0.3) is 21.5 Å². The fourth-order valence-corrected chi connectivity index (χ4v) is 7.52. The van der Waals surface area contributed by atoms with Crippen molar-refractivity contribution in [1.82, 2.24) is 10.6 Å². The number of anilines is 2. The number of urea groups is 2. The molecule has 0 fully saturated rings. The lowest BCUT2D eigenvalue weighted by atomic mass is 10.1. The first-order valence-electron chi connectivity index (χ1n) is 17.2. The maximum absolute atomic E-state index is 12.9. The second-order valence-corrected chi connectivity index (χ2v) is 15.4. The maximum Gasteiger partial charge on any atom is 0.339 e. The van der Waals surface area contributed by atoms with Gasteiger partial charge in [0.1, 0.15) is 21.3 Å². The zero-order chi connectivity index (χ0) is 38.0. The number of amides is 4. The number of carbonyl (C=O) groups excluding carboxylic acids is 2. The van der Waals surface area contributed by atoms with Crippen LogP contribution in [0.1, 0.15) is 25.7 Å². The molecular formula is C40H38N4O8S2. The molecule has 0 aliphatic carbocycles. The maximum atomic E-state index is 12.9. The molecule has 0 aromatic heterocycles. The van der Waals surface area contributed by atoms with Crippen molar-refractivity contribution in [2.24, 2.45) is 0 Å². The van der Waals surface area contributed by atoms with Crippen molar-refractivity contribution in [3.05, 3.63) is 133 Å². The molecule has 0 bridgehead atoms. The summed E-state index contributed by atoms with van der Waals surface area (Å²) >= 11 is 0. The first kappa shape index (κ1) is 37.6. The van der Waals surface area contributed by atoms with Crippen LogP contribution in [0.5, 0.6) is 11.5 Å². The molecule has 0 aliphatic heterocycles. The number of rotatable bonds is 15. The number of carbonyl (C=O) groups is 2. The van der Waals surface area contributed by atoms with Crippen molar-refractivity contribution in [2.75, 3.05) is 23.7 Å². The Morgan fingerprint density at radius 3 is 1.28 bits per heavy atom. The topological polar surface area (TPSA) is 169 Å². The molecule has 278 valence electrons. The van der Waals surface area contributed by atoms with E-state index in [4.69, 9.17) is 8.37 Å². The van der Waals surface area contributed by atoms with Gasteiger partial charge in [-0.15, -0.1) is 0 Å². The Kier molecular flexibility index (Phi) is 11.9. The van der Waals surface area contributed by atoms with Gasteiger partial charge in [-0.3, -0.25) is 0 Å². The molecule has 4 amide bonds. The van der Waals surface area contributed by atoms with E-state index in [-0.39, 0.29) is 21.3 Å². The van der Waals surface area contributed by atoms with Gasteiger partial charge in [-0.2, -0.15) is 16.8 Å². The average Bonchev–Trinajstić information content (AvgIpc) is 3.15. The van der Waals surface area contributed by atoms with E-state index in [1.807, 2.05) is 48.5 Å². The van der Waals surface area contributed by atoms with Gasteiger partial charge in [0, 0.05) is 36.6 Å². The normalized spacial score (nSPS) is 11.5. The van der Waals surface area contributed by atoms with Crippen molar-refractivity contribution in [3.63, 3.8) is 0 Å². The highest BCUT2D eigenvalue weighted by Gasteiger charge is 2.19. The fourth-order valence-electron chi connectivity index (χ4n) is 5.60. The van der Waals surface area contributed by atoms with Crippen LogP contribution in [0.2, 0.25) is 0 Å². The summed E-state index contributed by atoms with van der Waals surface area (Å²) in [5.41, 5.74) is 0.738. The van der Waals surface area contributed by atoms with Crippen molar-refractivity contribution in [2.45, 2.75) is 35.5 Å². The Hall–Kier alpha value is -6.12. The van der Waals surface area contributed by atoms with Gasteiger partial charge in [0.2, 0.25) is 0 Å². The lowest BCUT2D eigenvalue weighted by Crippen LogP contribution is -2.30. The molecule has 12 nitrogen and oxygen atoms in total. The number of benzene rings is 6. The summed E-state index contributed by atoms with van der Waals surface area (Å²) in [6.45, 7) is 0.836. The van der Waals surface area contributed by atoms with Crippen LogP contribution in [0.3, 0.4) is 0 Å². The van der Waals surface area contributed by atoms with Gasteiger partial charge in [0.25, 0.3) is 0 Å². The van der Waals surface area contributed by atoms with E-state index >= 15 is 0 Å². The molecule has 0 aliphatic rings. The third-order valence-electron chi connectivity index (χ3n) is 8.29. The van der Waals surface area contributed by atoms with E-state index in [0.29, 0.717) is 37.3 Å². The Bertz CT molecular complexity index is 2330. The second kappa shape index (κ2) is 17.1. The molecule has 0 unspecified atom stereocenters. The lowest BCUT2D eigenvalue weighted by molar-refractivity contribution is 0.250. The molecule has 0 spiro atoms. The molecule has 6 aromatic rings. The highest BCUT2D eigenvalue weighted by Crippen LogP contribution is 2.26. The quantitative estimate of drug-likeness (QED) is 0.0602. The van der Waals surface area contributed by atoms with Crippen LogP contribution in [0, 0.1) is 0 Å². The molecule has 0 saturated heterocycles.